The number of thioether (sulfide) groups is 1. The van der Waals surface area contributed by atoms with Gasteiger partial charge in [-0.1, -0.05) is 18.3 Å². The van der Waals surface area contributed by atoms with Gasteiger partial charge in [-0.2, -0.15) is 0 Å². The van der Waals surface area contributed by atoms with Crippen LogP contribution in [0.2, 0.25) is 0 Å². The Balaban J connectivity index is 2.72. The molecule has 0 aliphatic rings. The predicted octanol–water partition coefficient (Wildman–Crippen LogP) is 5.19. The van der Waals surface area contributed by atoms with Crippen LogP contribution in [0.25, 0.3) is 0 Å². The molecule has 0 saturated carbocycles. The average Bonchev–Trinajstić information content (AvgIpc) is 2.38. The molecule has 6 heteroatoms. The van der Waals surface area contributed by atoms with Gasteiger partial charge in [0.1, 0.15) is 5.75 Å². The second kappa shape index (κ2) is 8.49. The maximum Gasteiger partial charge on any atom is 0.297 e. The summed E-state index contributed by atoms with van der Waals surface area (Å²) in [4.78, 5) is 1.22. The van der Waals surface area contributed by atoms with Crippen molar-refractivity contribution in [3.05, 3.63) is 24.3 Å². The van der Waals surface area contributed by atoms with Crippen LogP contribution >= 0.6 is 28.8 Å². The minimum atomic E-state index is -2.24. The Hall–Kier alpha value is 0.330. The van der Waals surface area contributed by atoms with Crippen LogP contribution in [0.1, 0.15) is 20.3 Å². The first-order valence-electron chi connectivity index (χ1n) is 5.86. The average molecular weight is 322 g/mol. The van der Waals surface area contributed by atoms with Crippen molar-refractivity contribution in [2.75, 3.05) is 18.6 Å². The van der Waals surface area contributed by atoms with Gasteiger partial charge in [0.25, 0.3) is 5.69 Å². The van der Waals surface area contributed by atoms with Crippen LogP contribution in [-0.2, 0) is 16.3 Å². The Morgan fingerprint density at radius 3 is 2.39 bits per heavy atom. The molecule has 2 nitrogen and oxygen atoms in total. The zero-order valence-electron chi connectivity index (χ0n) is 10.9. The Labute approximate surface area is 123 Å². The lowest BCUT2D eigenvalue weighted by atomic mass is 10.3. The van der Waals surface area contributed by atoms with Crippen molar-refractivity contribution in [2.45, 2.75) is 25.2 Å². The maximum absolute atomic E-state index is 5.90. The standard InChI is InChI=1S/C12H19O2PS3/c1-4-10-18-15(16,13-5-2)14-11-6-8-12(17-3)9-7-11/h6-9H,4-5,10H2,1-3H3/t15-/m0/s1. The smallest absolute Gasteiger partial charge is 0.297 e. The van der Waals surface area contributed by atoms with Crippen molar-refractivity contribution in [2.24, 2.45) is 0 Å². The monoisotopic (exact) mass is 322 g/mol. The van der Waals surface area contributed by atoms with Crippen molar-refractivity contribution >= 4 is 40.6 Å². The number of hydrogen-bond donors (Lipinski definition) is 0. The molecule has 0 amide bonds. The van der Waals surface area contributed by atoms with E-state index in [1.54, 1.807) is 23.1 Å². The van der Waals surface area contributed by atoms with Gasteiger partial charge in [0.05, 0.1) is 6.61 Å². The summed E-state index contributed by atoms with van der Waals surface area (Å²) >= 11 is 8.87. The summed E-state index contributed by atoms with van der Waals surface area (Å²) in [6, 6.07) is 7.99. The van der Waals surface area contributed by atoms with Gasteiger partial charge in [0.2, 0.25) is 0 Å². The third-order valence-electron chi connectivity index (χ3n) is 2.02. The van der Waals surface area contributed by atoms with E-state index in [9.17, 15) is 0 Å². The predicted molar refractivity (Wildman–Crippen MR) is 87.5 cm³/mol. The van der Waals surface area contributed by atoms with E-state index in [0.717, 1.165) is 17.9 Å². The third-order valence-corrected chi connectivity index (χ3v) is 8.20. The van der Waals surface area contributed by atoms with Gasteiger partial charge < -0.3 is 9.05 Å². The van der Waals surface area contributed by atoms with Crippen LogP contribution < -0.4 is 4.52 Å². The lowest BCUT2D eigenvalue weighted by Gasteiger charge is -2.21. The molecule has 0 saturated heterocycles. The zero-order valence-corrected chi connectivity index (χ0v) is 14.3. The summed E-state index contributed by atoms with van der Waals surface area (Å²) in [7, 11) is 0. The molecule has 0 radical (unpaired) electrons. The van der Waals surface area contributed by atoms with Crippen LogP contribution in [0.4, 0.5) is 0 Å². The molecule has 0 bridgehead atoms. The fraction of sp³-hybridized carbons (Fsp3) is 0.500. The SMILES string of the molecule is CCCS[P@@](=S)(OCC)Oc1ccc(SC)cc1. The van der Waals surface area contributed by atoms with Crippen LogP contribution in [0.15, 0.2) is 29.2 Å². The molecule has 0 spiro atoms. The molecular formula is C12H19O2PS3. The molecule has 0 aromatic heterocycles. The molecule has 18 heavy (non-hydrogen) atoms. The lowest BCUT2D eigenvalue weighted by molar-refractivity contribution is 0.344. The van der Waals surface area contributed by atoms with E-state index in [4.69, 9.17) is 20.9 Å². The molecular weight excluding hydrogens is 303 g/mol. The topological polar surface area (TPSA) is 18.5 Å². The first-order chi connectivity index (χ1) is 8.63. The van der Waals surface area contributed by atoms with Crippen LogP contribution in [0.3, 0.4) is 0 Å². The minimum Gasteiger partial charge on any atom is -0.436 e. The molecule has 1 aromatic carbocycles. The van der Waals surface area contributed by atoms with Gasteiger partial charge >= 0.3 is 0 Å². The van der Waals surface area contributed by atoms with E-state index < -0.39 is 5.69 Å². The van der Waals surface area contributed by atoms with Crippen LogP contribution in [0.5, 0.6) is 5.75 Å². The van der Waals surface area contributed by atoms with Gasteiger partial charge in [-0.25, -0.2) is 0 Å². The van der Waals surface area contributed by atoms with Crippen molar-refractivity contribution in [1.82, 2.24) is 0 Å². The van der Waals surface area contributed by atoms with Crippen molar-refractivity contribution in [1.29, 1.82) is 0 Å². The minimum absolute atomic E-state index is 0.594. The summed E-state index contributed by atoms with van der Waals surface area (Å²) in [6.07, 6.45) is 3.13. The zero-order chi connectivity index (χ0) is 13.4. The quantitative estimate of drug-likeness (QED) is 0.483. The summed E-state index contributed by atoms with van der Waals surface area (Å²) in [5.74, 6) is 1.77. The van der Waals surface area contributed by atoms with Crippen LogP contribution in [0, 0.1) is 0 Å². The van der Waals surface area contributed by atoms with Gasteiger partial charge in [-0.3, -0.25) is 0 Å². The fourth-order valence-electron chi connectivity index (χ4n) is 1.22. The molecule has 0 aliphatic carbocycles. The Morgan fingerprint density at radius 1 is 1.22 bits per heavy atom. The number of benzene rings is 1. The normalized spacial score (nSPS) is 14.2. The molecule has 102 valence electrons. The molecule has 0 unspecified atom stereocenters. The van der Waals surface area contributed by atoms with Crippen molar-refractivity contribution in [3.8, 4) is 5.75 Å². The Morgan fingerprint density at radius 2 is 1.89 bits per heavy atom. The summed E-state index contributed by atoms with van der Waals surface area (Å²) < 4.78 is 11.6. The summed E-state index contributed by atoms with van der Waals surface area (Å²) in [6.45, 7) is 4.68. The summed E-state index contributed by atoms with van der Waals surface area (Å²) in [5, 5.41) is 0. The molecule has 0 aliphatic heterocycles. The Kier molecular flexibility index (Phi) is 7.73. The molecule has 1 atom stereocenters. The van der Waals surface area contributed by atoms with Crippen LogP contribution in [-0.4, -0.2) is 18.6 Å². The van der Waals surface area contributed by atoms with E-state index in [1.165, 1.54) is 4.90 Å². The van der Waals surface area contributed by atoms with E-state index in [-0.39, 0.29) is 0 Å². The highest BCUT2D eigenvalue weighted by Gasteiger charge is 2.20. The van der Waals surface area contributed by atoms with Crippen molar-refractivity contribution in [3.63, 3.8) is 0 Å². The molecule has 1 aromatic rings. The first kappa shape index (κ1) is 16.4. The van der Waals surface area contributed by atoms with Gasteiger partial charge in [-0.15, -0.1) is 11.8 Å². The van der Waals surface area contributed by atoms with E-state index in [0.29, 0.717) is 6.61 Å². The Bertz CT molecular complexity index is 395. The van der Waals surface area contributed by atoms with Gasteiger partial charge in [0.15, 0.2) is 0 Å². The van der Waals surface area contributed by atoms with E-state index >= 15 is 0 Å². The fourth-order valence-corrected chi connectivity index (χ4v) is 6.33. The molecule has 0 N–H and O–H groups in total. The number of hydrogen-bond acceptors (Lipinski definition) is 5. The van der Waals surface area contributed by atoms with Gasteiger partial charge in [0, 0.05) is 10.6 Å². The maximum atomic E-state index is 5.90. The second-order valence-electron chi connectivity index (χ2n) is 3.47. The lowest BCUT2D eigenvalue weighted by Crippen LogP contribution is -1.95. The third kappa shape index (κ3) is 5.54. The summed E-state index contributed by atoms with van der Waals surface area (Å²) in [5.41, 5.74) is -2.24. The molecule has 0 heterocycles. The van der Waals surface area contributed by atoms with E-state index in [1.807, 2.05) is 31.2 Å². The first-order valence-corrected chi connectivity index (χ1v) is 11.3. The second-order valence-corrected chi connectivity index (χ2v) is 10.7. The largest absolute Gasteiger partial charge is 0.436 e. The highest BCUT2D eigenvalue weighted by Crippen LogP contribution is 2.60. The van der Waals surface area contributed by atoms with E-state index in [2.05, 4.69) is 13.2 Å². The van der Waals surface area contributed by atoms with Gasteiger partial charge in [-0.05, 0) is 55.7 Å². The number of rotatable bonds is 8. The van der Waals surface area contributed by atoms with Crippen molar-refractivity contribution < 1.29 is 9.05 Å². The highest BCUT2D eigenvalue weighted by molar-refractivity contribution is 8.68. The highest BCUT2D eigenvalue weighted by atomic mass is 32.9. The molecule has 0 fully saturated rings. The molecule has 1 rings (SSSR count).